The van der Waals surface area contributed by atoms with Gasteiger partial charge < -0.3 is 5.11 Å². The van der Waals surface area contributed by atoms with E-state index in [1.165, 1.54) is 22.4 Å². The average molecular weight is 391 g/mol. The monoisotopic (exact) mass is 390 g/mol. The van der Waals surface area contributed by atoms with Crippen LogP contribution in [-0.2, 0) is 12.8 Å². The molecule has 0 bridgehead atoms. The van der Waals surface area contributed by atoms with E-state index in [1.54, 1.807) is 30.2 Å². The van der Waals surface area contributed by atoms with Crippen molar-refractivity contribution in [2.45, 2.75) is 47.9 Å². The molecule has 142 valence electrons. The number of rotatable bonds is 6. The maximum absolute atomic E-state index is 11.4. The second-order valence-electron chi connectivity index (χ2n) is 7.10. The van der Waals surface area contributed by atoms with Crippen LogP contribution in [-0.4, -0.2) is 21.0 Å². The van der Waals surface area contributed by atoms with Crippen LogP contribution in [0.25, 0.3) is 0 Å². The number of carboxylic acid groups (broad SMARTS) is 1. The summed E-state index contributed by atoms with van der Waals surface area (Å²) in [7, 11) is 0. The lowest BCUT2D eigenvalue weighted by molar-refractivity contribution is 0.0695. The molecular formula is C23H22N2O2S. The van der Waals surface area contributed by atoms with Crippen molar-refractivity contribution < 1.29 is 9.90 Å². The van der Waals surface area contributed by atoms with Crippen LogP contribution < -0.4 is 0 Å². The highest BCUT2D eigenvalue weighted by atomic mass is 32.2. The summed E-state index contributed by atoms with van der Waals surface area (Å²) in [5.74, 6) is -0.405. The van der Waals surface area contributed by atoms with Crippen molar-refractivity contribution in [3.05, 3.63) is 83.3 Å². The van der Waals surface area contributed by atoms with Gasteiger partial charge in [0.25, 0.3) is 0 Å². The molecule has 1 N–H and O–H groups in total. The van der Waals surface area contributed by atoms with E-state index >= 15 is 0 Å². The van der Waals surface area contributed by atoms with E-state index in [-0.39, 0.29) is 0 Å². The van der Waals surface area contributed by atoms with Crippen molar-refractivity contribution in [3.8, 4) is 0 Å². The molecule has 0 spiro atoms. The maximum atomic E-state index is 11.4. The van der Waals surface area contributed by atoms with Crippen LogP contribution in [0.5, 0.6) is 0 Å². The van der Waals surface area contributed by atoms with Crippen LogP contribution in [0.15, 0.2) is 71.0 Å². The van der Waals surface area contributed by atoms with Crippen LogP contribution in [0, 0.1) is 0 Å². The SMILES string of the molecule is O=C(O)c1ccncc1CCC1CCCc2cc(Sc3ccccn3)ccc21. The minimum atomic E-state index is -0.877. The Labute approximate surface area is 169 Å². The Kier molecular flexibility index (Phi) is 5.72. The number of benzene rings is 1. The number of nitrogens with zero attached hydrogens (tertiary/aromatic N) is 2. The first kappa shape index (κ1) is 18.7. The van der Waals surface area contributed by atoms with Gasteiger partial charge in [-0.2, -0.15) is 0 Å². The molecule has 0 radical (unpaired) electrons. The summed E-state index contributed by atoms with van der Waals surface area (Å²) in [6.07, 6.45) is 10.2. The van der Waals surface area contributed by atoms with Gasteiger partial charge in [-0.25, -0.2) is 9.78 Å². The maximum Gasteiger partial charge on any atom is 0.336 e. The first-order valence-corrected chi connectivity index (χ1v) is 10.4. The van der Waals surface area contributed by atoms with Crippen molar-refractivity contribution >= 4 is 17.7 Å². The van der Waals surface area contributed by atoms with Gasteiger partial charge in [0.05, 0.1) is 5.56 Å². The molecule has 0 amide bonds. The van der Waals surface area contributed by atoms with E-state index in [0.717, 1.165) is 36.3 Å². The number of carboxylic acids is 1. The Hall–Kier alpha value is -2.66. The van der Waals surface area contributed by atoms with Gasteiger partial charge in [-0.15, -0.1) is 0 Å². The third-order valence-electron chi connectivity index (χ3n) is 5.31. The zero-order chi connectivity index (χ0) is 19.3. The van der Waals surface area contributed by atoms with Crippen LogP contribution >= 0.6 is 11.8 Å². The number of carbonyl (C=O) groups is 1. The van der Waals surface area contributed by atoms with Crippen molar-refractivity contribution in [1.82, 2.24) is 9.97 Å². The zero-order valence-electron chi connectivity index (χ0n) is 15.5. The summed E-state index contributed by atoms with van der Waals surface area (Å²) in [6.45, 7) is 0. The number of aryl methyl sites for hydroxylation is 2. The summed E-state index contributed by atoms with van der Waals surface area (Å²) >= 11 is 1.69. The van der Waals surface area contributed by atoms with Crippen LogP contribution in [0.1, 0.15) is 52.2 Å². The Bertz CT molecular complexity index is 975. The highest BCUT2D eigenvalue weighted by molar-refractivity contribution is 7.99. The molecule has 0 saturated heterocycles. The zero-order valence-corrected chi connectivity index (χ0v) is 16.4. The third-order valence-corrected chi connectivity index (χ3v) is 6.25. The highest BCUT2D eigenvalue weighted by Gasteiger charge is 2.21. The van der Waals surface area contributed by atoms with E-state index in [9.17, 15) is 9.90 Å². The highest BCUT2D eigenvalue weighted by Crippen LogP contribution is 2.38. The largest absolute Gasteiger partial charge is 0.478 e. The van der Waals surface area contributed by atoms with Gasteiger partial charge in [0, 0.05) is 23.5 Å². The van der Waals surface area contributed by atoms with Gasteiger partial charge >= 0.3 is 5.97 Å². The second kappa shape index (κ2) is 8.57. The first-order chi connectivity index (χ1) is 13.7. The van der Waals surface area contributed by atoms with Crippen LogP contribution in [0.4, 0.5) is 0 Å². The lowest BCUT2D eigenvalue weighted by Crippen LogP contribution is -2.12. The summed E-state index contributed by atoms with van der Waals surface area (Å²) in [5, 5.41) is 10.4. The molecule has 1 atom stereocenters. The second-order valence-corrected chi connectivity index (χ2v) is 8.19. The predicted molar refractivity (Wildman–Crippen MR) is 110 cm³/mol. The quantitative estimate of drug-likeness (QED) is 0.612. The topological polar surface area (TPSA) is 63.1 Å². The number of aromatic carboxylic acids is 1. The standard InChI is InChI=1S/C23H22N2O2S/c26-23(27)21-11-13-24-15-18(21)8-7-16-4-3-5-17-14-19(9-10-20(16)17)28-22-6-1-2-12-25-22/h1-2,6,9-16H,3-5,7-8H2,(H,26,27). The van der Waals surface area contributed by atoms with Crippen molar-refractivity contribution in [1.29, 1.82) is 0 Å². The minimum Gasteiger partial charge on any atom is -0.478 e. The number of pyridine rings is 2. The van der Waals surface area contributed by atoms with E-state index in [0.29, 0.717) is 11.5 Å². The van der Waals surface area contributed by atoms with E-state index in [1.807, 2.05) is 24.4 Å². The third kappa shape index (κ3) is 4.25. The molecule has 0 saturated carbocycles. The molecule has 0 aliphatic heterocycles. The van der Waals surface area contributed by atoms with Crippen LogP contribution in [0.2, 0.25) is 0 Å². The molecule has 1 unspecified atom stereocenters. The minimum absolute atomic E-state index is 0.369. The van der Waals surface area contributed by atoms with Gasteiger partial charge in [-0.05, 0) is 85.0 Å². The summed E-state index contributed by atoms with van der Waals surface area (Å²) in [5.41, 5.74) is 4.02. The van der Waals surface area contributed by atoms with Gasteiger partial charge in [0.2, 0.25) is 0 Å². The lowest BCUT2D eigenvalue weighted by Gasteiger charge is -2.26. The normalized spacial score (nSPS) is 15.8. The Morgan fingerprint density at radius 3 is 2.93 bits per heavy atom. The van der Waals surface area contributed by atoms with Gasteiger partial charge in [-0.3, -0.25) is 4.98 Å². The molecule has 1 aliphatic rings. The molecule has 3 aromatic rings. The van der Waals surface area contributed by atoms with Gasteiger partial charge in [0.15, 0.2) is 0 Å². The van der Waals surface area contributed by atoms with Crippen LogP contribution in [0.3, 0.4) is 0 Å². The molecule has 5 heteroatoms. The fourth-order valence-corrected chi connectivity index (χ4v) is 4.79. The molecule has 1 aliphatic carbocycles. The first-order valence-electron chi connectivity index (χ1n) is 9.58. The molecule has 2 heterocycles. The van der Waals surface area contributed by atoms with E-state index in [4.69, 9.17) is 0 Å². The van der Waals surface area contributed by atoms with Crippen molar-refractivity contribution in [2.24, 2.45) is 0 Å². The smallest absolute Gasteiger partial charge is 0.336 e. The van der Waals surface area contributed by atoms with E-state index < -0.39 is 5.97 Å². The summed E-state index contributed by atoms with van der Waals surface area (Å²) < 4.78 is 0. The molecule has 1 aromatic carbocycles. The number of hydrogen-bond donors (Lipinski definition) is 1. The lowest BCUT2D eigenvalue weighted by atomic mass is 9.80. The fourth-order valence-electron chi connectivity index (χ4n) is 3.95. The Morgan fingerprint density at radius 2 is 2.11 bits per heavy atom. The fraction of sp³-hybridized carbons (Fsp3) is 0.261. The molecule has 28 heavy (non-hydrogen) atoms. The summed E-state index contributed by atoms with van der Waals surface area (Å²) in [6, 6.07) is 14.3. The molecule has 0 fully saturated rings. The van der Waals surface area contributed by atoms with Crippen molar-refractivity contribution in [2.75, 3.05) is 0 Å². The molecule has 4 rings (SSSR count). The van der Waals surface area contributed by atoms with Gasteiger partial charge in [-0.1, -0.05) is 23.9 Å². The Morgan fingerprint density at radius 1 is 1.18 bits per heavy atom. The molecular weight excluding hydrogens is 368 g/mol. The molecule has 4 nitrogen and oxygen atoms in total. The Balaban J connectivity index is 1.49. The average Bonchev–Trinajstić information content (AvgIpc) is 2.73. The number of hydrogen-bond acceptors (Lipinski definition) is 4. The predicted octanol–water partition coefficient (Wildman–Crippen LogP) is 5.38. The number of aromatic nitrogens is 2. The van der Waals surface area contributed by atoms with Gasteiger partial charge in [0.1, 0.15) is 5.03 Å². The number of fused-ring (bicyclic) bond motifs is 1. The van der Waals surface area contributed by atoms with Crippen molar-refractivity contribution in [3.63, 3.8) is 0 Å². The van der Waals surface area contributed by atoms with E-state index in [2.05, 4.69) is 28.2 Å². The molecule has 2 aromatic heterocycles. The summed E-state index contributed by atoms with van der Waals surface area (Å²) in [4.78, 5) is 21.2.